The zero-order chi connectivity index (χ0) is 19.1. The summed E-state index contributed by atoms with van der Waals surface area (Å²) in [4.78, 5) is 24.2. The van der Waals surface area contributed by atoms with Gasteiger partial charge in [0.1, 0.15) is 0 Å². The molecule has 1 aromatic heterocycles. The molecule has 1 heterocycles. The maximum Gasteiger partial charge on any atom is 0.251 e. The predicted octanol–water partition coefficient (Wildman–Crippen LogP) is 2.29. The summed E-state index contributed by atoms with van der Waals surface area (Å²) in [5, 5.41) is 9.70. The average Bonchev–Trinajstić information content (AvgIpc) is 3.19. The van der Waals surface area contributed by atoms with Gasteiger partial charge in [-0.3, -0.25) is 14.3 Å². The summed E-state index contributed by atoms with van der Waals surface area (Å²) < 4.78 is 1.84. The summed E-state index contributed by atoms with van der Waals surface area (Å²) in [6.07, 6.45) is 3.64. The molecule has 2 N–H and O–H groups in total. The van der Waals surface area contributed by atoms with Crippen molar-refractivity contribution in [2.45, 2.75) is 20.0 Å². The number of carbonyl (C=O) groups is 2. The molecule has 0 fully saturated rings. The van der Waals surface area contributed by atoms with Gasteiger partial charge >= 0.3 is 0 Å². The number of nitrogens with zero attached hydrogens (tertiary/aromatic N) is 2. The van der Waals surface area contributed by atoms with E-state index in [9.17, 15) is 9.59 Å². The van der Waals surface area contributed by atoms with Crippen LogP contribution < -0.4 is 10.6 Å². The Bertz CT molecular complexity index is 902. The van der Waals surface area contributed by atoms with Gasteiger partial charge < -0.3 is 10.6 Å². The van der Waals surface area contributed by atoms with E-state index in [1.54, 1.807) is 18.3 Å². The van der Waals surface area contributed by atoms with Gasteiger partial charge in [-0.15, -0.1) is 0 Å². The quantitative estimate of drug-likeness (QED) is 0.677. The van der Waals surface area contributed by atoms with E-state index in [0.29, 0.717) is 18.7 Å². The number of hydrogen-bond donors (Lipinski definition) is 2. The first-order valence-corrected chi connectivity index (χ1v) is 8.77. The fourth-order valence-corrected chi connectivity index (χ4v) is 2.68. The molecule has 0 spiro atoms. The first-order valence-electron chi connectivity index (χ1n) is 8.77. The van der Waals surface area contributed by atoms with E-state index >= 15 is 0 Å². The number of carbonyl (C=O) groups excluding carboxylic acids is 2. The number of nitrogens with one attached hydrogen (secondary N) is 2. The second-order valence-electron chi connectivity index (χ2n) is 6.30. The van der Waals surface area contributed by atoms with Gasteiger partial charge in [0.15, 0.2) is 0 Å². The molecule has 0 saturated heterocycles. The van der Waals surface area contributed by atoms with E-state index in [2.05, 4.69) is 15.7 Å². The molecule has 6 nitrogen and oxygen atoms in total. The Labute approximate surface area is 158 Å². The fraction of sp³-hybridized carbons (Fsp3) is 0.190. The predicted molar refractivity (Wildman–Crippen MR) is 103 cm³/mol. The van der Waals surface area contributed by atoms with Crippen molar-refractivity contribution in [1.29, 1.82) is 0 Å². The maximum atomic E-state index is 12.1. The Hall–Kier alpha value is -3.41. The van der Waals surface area contributed by atoms with Crippen molar-refractivity contribution in [3.05, 3.63) is 89.2 Å². The molecular weight excluding hydrogens is 340 g/mol. The topological polar surface area (TPSA) is 76.0 Å². The molecule has 3 aromatic rings. The van der Waals surface area contributed by atoms with Crippen LogP contribution in [0.5, 0.6) is 0 Å². The highest BCUT2D eigenvalue weighted by Crippen LogP contribution is 2.10. The number of aromatic nitrogens is 2. The van der Waals surface area contributed by atoms with E-state index in [1.807, 2.05) is 60.3 Å². The van der Waals surface area contributed by atoms with Gasteiger partial charge in [0.25, 0.3) is 5.91 Å². The van der Waals surface area contributed by atoms with Crippen LogP contribution in [0.3, 0.4) is 0 Å². The number of rotatable bonds is 7. The van der Waals surface area contributed by atoms with Gasteiger partial charge in [0, 0.05) is 24.5 Å². The third-order valence-electron chi connectivity index (χ3n) is 4.21. The van der Waals surface area contributed by atoms with Crippen molar-refractivity contribution < 1.29 is 9.59 Å². The van der Waals surface area contributed by atoms with Crippen molar-refractivity contribution in [2.75, 3.05) is 6.54 Å². The molecule has 0 unspecified atom stereocenters. The molecule has 3 rings (SSSR count). The summed E-state index contributed by atoms with van der Waals surface area (Å²) in [6, 6.07) is 17.0. The van der Waals surface area contributed by atoms with Crippen LogP contribution >= 0.6 is 0 Å². The van der Waals surface area contributed by atoms with Crippen LogP contribution in [0.4, 0.5) is 0 Å². The Morgan fingerprint density at radius 2 is 1.70 bits per heavy atom. The van der Waals surface area contributed by atoms with Crippen molar-refractivity contribution >= 4 is 11.8 Å². The molecule has 0 aliphatic carbocycles. The SMILES string of the molecule is Cc1ccc(C(=O)NCC(=O)NCc2ccccc2Cn2cccn2)cc1. The number of hydrogen-bond acceptors (Lipinski definition) is 3. The molecule has 0 aliphatic heterocycles. The minimum absolute atomic E-state index is 0.0615. The Morgan fingerprint density at radius 3 is 2.41 bits per heavy atom. The molecule has 0 atom stereocenters. The zero-order valence-electron chi connectivity index (χ0n) is 15.2. The fourth-order valence-electron chi connectivity index (χ4n) is 2.68. The van der Waals surface area contributed by atoms with Crippen molar-refractivity contribution in [1.82, 2.24) is 20.4 Å². The highest BCUT2D eigenvalue weighted by Gasteiger charge is 2.09. The molecule has 0 aliphatic rings. The lowest BCUT2D eigenvalue weighted by Crippen LogP contribution is -2.36. The van der Waals surface area contributed by atoms with Gasteiger partial charge in [0.2, 0.25) is 5.91 Å². The van der Waals surface area contributed by atoms with Crippen LogP contribution in [0.1, 0.15) is 27.0 Å². The summed E-state index contributed by atoms with van der Waals surface area (Å²) in [5.41, 5.74) is 3.73. The Kier molecular flexibility index (Phi) is 5.99. The molecule has 0 radical (unpaired) electrons. The molecule has 6 heteroatoms. The number of amides is 2. The van der Waals surface area contributed by atoms with E-state index in [0.717, 1.165) is 16.7 Å². The second-order valence-corrected chi connectivity index (χ2v) is 6.30. The largest absolute Gasteiger partial charge is 0.350 e. The minimum Gasteiger partial charge on any atom is -0.350 e. The van der Waals surface area contributed by atoms with Gasteiger partial charge in [-0.1, -0.05) is 42.0 Å². The third-order valence-corrected chi connectivity index (χ3v) is 4.21. The van der Waals surface area contributed by atoms with E-state index < -0.39 is 0 Å². The lowest BCUT2D eigenvalue weighted by molar-refractivity contribution is -0.120. The Morgan fingerprint density at radius 1 is 0.963 bits per heavy atom. The highest BCUT2D eigenvalue weighted by atomic mass is 16.2. The van der Waals surface area contributed by atoms with Crippen LogP contribution in [0, 0.1) is 6.92 Å². The monoisotopic (exact) mass is 362 g/mol. The van der Waals surface area contributed by atoms with Crippen LogP contribution in [0.15, 0.2) is 67.0 Å². The summed E-state index contributed by atoms with van der Waals surface area (Å²) in [6.45, 7) is 2.94. The molecule has 0 bridgehead atoms. The Balaban J connectivity index is 1.50. The first-order chi connectivity index (χ1) is 13.1. The van der Waals surface area contributed by atoms with E-state index in [4.69, 9.17) is 0 Å². The van der Waals surface area contributed by atoms with Crippen molar-refractivity contribution in [3.63, 3.8) is 0 Å². The van der Waals surface area contributed by atoms with Crippen LogP contribution in [0.2, 0.25) is 0 Å². The zero-order valence-corrected chi connectivity index (χ0v) is 15.2. The normalized spacial score (nSPS) is 10.4. The third kappa shape index (κ3) is 5.28. The standard InChI is InChI=1S/C21H22N4O2/c1-16-7-9-17(10-8-16)21(27)23-14-20(26)22-13-18-5-2-3-6-19(18)15-25-12-4-11-24-25/h2-12H,13-15H2,1H3,(H,22,26)(H,23,27). The summed E-state index contributed by atoms with van der Waals surface area (Å²) in [7, 11) is 0. The molecule has 138 valence electrons. The molecule has 2 aromatic carbocycles. The van der Waals surface area contributed by atoms with Crippen LogP contribution in [-0.4, -0.2) is 28.1 Å². The van der Waals surface area contributed by atoms with Gasteiger partial charge in [0.05, 0.1) is 13.1 Å². The van der Waals surface area contributed by atoms with E-state index in [-0.39, 0.29) is 18.4 Å². The van der Waals surface area contributed by atoms with Crippen LogP contribution in [-0.2, 0) is 17.9 Å². The summed E-state index contributed by atoms with van der Waals surface area (Å²) >= 11 is 0. The van der Waals surface area contributed by atoms with Gasteiger partial charge in [-0.2, -0.15) is 5.10 Å². The van der Waals surface area contributed by atoms with Crippen LogP contribution in [0.25, 0.3) is 0 Å². The van der Waals surface area contributed by atoms with E-state index in [1.165, 1.54) is 0 Å². The molecule has 2 amide bonds. The number of aryl methyl sites for hydroxylation is 1. The lowest BCUT2D eigenvalue weighted by Gasteiger charge is -2.11. The van der Waals surface area contributed by atoms with Crippen molar-refractivity contribution in [3.8, 4) is 0 Å². The highest BCUT2D eigenvalue weighted by molar-refractivity contribution is 5.96. The smallest absolute Gasteiger partial charge is 0.251 e. The molecular formula is C21H22N4O2. The van der Waals surface area contributed by atoms with Gasteiger partial charge in [-0.25, -0.2) is 0 Å². The summed E-state index contributed by atoms with van der Waals surface area (Å²) in [5.74, 6) is -0.492. The minimum atomic E-state index is -0.260. The molecule has 0 saturated carbocycles. The number of benzene rings is 2. The molecule has 27 heavy (non-hydrogen) atoms. The maximum absolute atomic E-state index is 12.1. The van der Waals surface area contributed by atoms with Gasteiger partial charge in [-0.05, 0) is 36.2 Å². The average molecular weight is 362 g/mol. The lowest BCUT2D eigenvalue weighted by atomic mass is 10.1. The first kappa shape index (κ1) is 18.4. The van der Waals surface area contributed by atoms with Crippen molar-refractivity contribution in [2.24, 2.45) is 0 Å². The second kappa shape index (κ2) is 8.80.